The van der Waals surface area contributed by atoms with Gasteiger partial charge < -0.3 is 20.6 Å². The van der Waals surface area contributed by atoms with Crippen LogP contribution in [0.25, 0.3) is 0 Å². The maximum atomic E-state index is 11.5. The molecule has 0 aromatic heterocycles. The molecule has 0 radical (unpaired) electrons. The van der Waals surface area contributed by atoms with Gasteiger partial charge in [-0.3, -0.25) is 9.59 Å². The van der Waals surface area contributed by atoms with E-state index in [0.717, 1.165) is 0 Å². The molecule has 118 valence electrons. The second kappa shape index (κ2) is 7.38. The van der Waals surface area contributed by atoms with Gasteiger partial charge in [-0.25, -0.2) is 0 Å². The highest BCUT2D eigenvalue weighted by atomic mass is 127. The Morgan fingerprint density at radius 3 is 2.14 bits per heavy atom. The molecule has 6 nitrogen and oxygen atoms in total. The molecule has 0 spiro atoms. The van der Waals surface area contributed by atoms with Crippen LogP contribution in [0.2, 0.25) is 0 Å². The van der Waals surface area contributed by atoms with E-state index in [1.165, 1.54) is 6.08 Å². The van der Waals surface area contributed by atoms with Crippen molar-refractivity contribution in [3.8, 4) is 0 Å². The van der Waals surface area contributed by atoms with E-state index in [1.807, 2.05) is 0 Å². The topological polar surface area (TPSA) is 107 Å². The monoisotopic (exact) mass is 521 g/mol. The highest BCUT2D eigenvalue weighted by molar-refractivity contribution is 14.1. The number of aliphatic hydroxyl groups is 1. The first-order valence-electron chi connectivity index (χ1n) is 6.20. The molecule has 0 aliphatic heterocycles. The maximum Gasteiger partial charge on any atom is 0.319 e. The molecule has 21 heavy (non-hydrogen) atoms. The Morgan fingerprint density at radius 2 is 1.67 bits per heavy atom. The Bertz CT molecular complexity index is 481. The molecule has 0 amide bonds. The molecule has 4 atom stereocenters. The Hall–Kier alpha value is -0.200. The van der Waals surface area contributed by atoms with Crippen LogP contribution in [0.15, 0.2) is 24.3 Å². The highest BCUT2D eigenvalue weighted by Crippen LogP contribution is 2.50. The predicted octanol–water partition coefficient (Wildman–Crippen LogP) is 1.22. The van der Waals surface area contributed by atoms with Crippen LogP contribution in [0.3, 0.4) is 0 Å². The summed E-state index contributed by atoms with van der Waals surface area (Å²) in [6.07, 6.45) is 6.52. The summed E-state index contributed by atoms with van der Waals surface area (Å²) in [6.45, 7) is 0.455. The molecule has 0 bridgehead atoms. The Kier molecular flexibility index (Phi) is 6.62. The molecule has 0 fully saturated rings. The first-order chi connectivity index (χ1) is 9.73. The molecule has 4 N–H and O–H groups in total. The number of hydrogen-bond acceptors (Lipinski definition) is 4. The van der Waals surface area contributed by atoms with Crippen molar-refractivity contribution in [1.29, 1.82) is 0 Å². The van der Waals surface area contributed by atoms with Crippen LogP contribution in [0.1, 0.15) is 6.42 Å². The van der Waals surface area contributed by atoms with E-state index in [0.29, 0.717) is 13.0 Å². The van der Waals surface area contributed by atoms with Gasteiger partial charge in [0.25, 0.3) is 0 Å². The van der Waals surface area contributed by atoms with Gasteiger partial charge in [-0.1, -0.05) is 69.5 Å². The number of carbonyl (C=O) groups is 2. The van der Waals surface area contributed by atoms with Crippen molar-refractivity contribution in [2.24, 2.45) is 5.41 Å². The zero-order valence-electron chi connectivity index (χ0n) is 11.3. The van der Waals surface area contributed by atoms with Crippen molar-refractivity contribution in [3.63, 3.8) is 0 Å². The Morgan fingerprint density at radius 1 is 1.14 bits per heavy atom. The van der Waals surface area contributed by atoms with Crippen molar-refractivity contribution < 1.29 is 24.9 Å². The summed E-state index contributed by atoms with van der Waals surface area (Å²) in [5.41, 5.74) is -2.99. The van der Waals surface area contributed by atoms with E-state index in [2.05, 4.69) is 5.32 Å². The summed E-state index contributed by atoms with van der Waals surface area (Å²) in [6, 6.07) is 0. The Balaban J connectivity index is 3.41. The molecule has 0 saturated heterocycles. The normalized spacial score (nSPS) is 30.9. The van der Waals surface area contributed by atoms with Crippen LogP contribution in [-0.2, 0) is 9.59 Å². The molecule has 0 aromatic rings. The fourth-order valence-electron chi connectivity index (χ4n) is 2.48. The van der Waals surface area contributed by atoms with Crippen LogP contribution in [0.5, 0.6) is 0 Å². The summed E-state index contributed by atoms with van der Waals surface area (Å²) < 4.78 is -2.13. The Labute approximate surface area is 150 Å². The quantitative estimate of drug-likeness (QED) is 0.297. The predicted molar refractivity (Wildman–Crippen MR) is 95.1 cm³/mol. The smallest absolute Gasteiger partial charge is 0.319 e. The van der Waals surface area contributed by atoms with Crippen LogP contribution >= 0.6 is 45.2 Å². The standard InChI is InChI=1S/C13H17I2NO5/c1-16-7-6-12(8(14)10(17)18)4-2-3-5-13(12,21)9(15)11(19)20/h2-5,8-9,16,21H,6-7H2,1H3,(H,17,18)(H,19,20). The molecular weight excluding hydrogens is 504 g/mol. The zero-order chi connectivity index (χ0) is 16.3. The average molecular weight is 521 g/mol. The van der Waals surface area contributed by atoms with Crippen LogP contribution in [0, 0.1) is 5.41 Å². The largest absolute Gasteiger partial charge is 0.480 e. The van der Waals surface area contributed by atoms with Crippen LogP contribution < -0.4 is 5.32 Å². The SMILES string of the molecule is CNCCC1(C(I)C(=O)O)C=CC=CC1(O)C(I)C(=O)O. The van der Waals surface area contributed by atoms with E-state index in [-0.39, 0.29) is 0 Å². The van der Waals surface area contributed by atoms with Gasteiger partial charge in [-0.2, -0.15) is 0 Å². The lowest BCUT2D eigenvalue weighted by Gasteiger charge is -2.48. The van der Waals surface area contributed by atoms with Gasteiger partial charge in [0.2, 0.25) is 0 Å². The van der Waals surface area contributed by atoms with E-state index in [9.17, 15) is 24.9 Å². The molecular formula is C13H17I2NO5. The number of allylic oxidation sites excluding steroid dienone is 2. The maximum absolute atomic E-state index is 11.5. The first-order valence-corrected chi connectivity index (χ1v) is 8.70. The van der Waals surface area contributed by atoms with Crippen molar-refractivity contribution in [2.45, 2.75) is 19.9 Å². The number of hydrogen-bond donors (Lipinski definition) is 4. The fourth-order valence-corrected chi connectivity index (χ4v) is 4.28. The number of carboxylic acid groups (broad SMARTS) is 2. The van der Waals surface area contributed by atoms with E-state index in [1.54, 1.807) is 70.5 Å². The van der Waals surface area contributed by atoms with Gasteiger partial charge in [0.1, 0.15) is 13.5 Å². The summed E-state index contributed by atoms with van der Waals surface area (Å²) >= 11 is 3.41. The number of alkyl halides is 2. The van der Waals surface area contributed by atoms with Crippen molar-refractivity contribution >= 4 is 57.1 Å². The lowest BCUT2D eigenvalue weighted by molar-refractivity contribution is -0.148. The van der Waals surface area contributed by atoms with Gasteiger partial charge in [-0.05, 0) is 20.0 Å². The van der Waals surface area contributed by atoms with Gasteiger partial charge in [0, 0.05) is 5.41 Å². The van der Waals surface area contributed by atoms with Gasteiger partial charge in [-0.15, -0.1) is 0 Å². The number of rotatable bonds is 7. The fraction of sp³-hybridized carbons (Fsp3) is 0.538. The minimum atomic E-state index is -1.78. The minimum absolute atomic E-state index is 0.299. The summed E-state index contributed by atoms with van der Waals surface area (Å²) in [4.78, 5) is 22.9. The lowest BCUT2D eigenvalue weighted by atomic mass is 9.63. The van der Waals surface area contributed by atoms with Crippen LogP contribution in [-0.4, -0.2) is 54.3 Å². The third-order valence-corrected chi connectivity index (χ3v) is 6.79. The number of nitrogens with one attached hydrogen (secondary N) is 1. The van der Waals surface area contributed by atoms with E-state index < -0.39 is 30.8 Å². The third-order valence-electron chi connectivity index (χ3n) is 3.66. The second-order valence-corrected chi connectivity index (χ2v) is 7.33. The minimum Gasteiger partial charge on any atom is -0.480 e. The van der Waals surface area contributed by atoms with Crippen molar-refractivity contribution in [2.75, 3.05) is 13.6 Å². The van der Waals surface area contributed by atoms with Crippen molar-refractivity contribution in [1.82, 2.24) is 5.32 Å². The number of aliphatic carboxylic acids is 2. The van der Waals surface area contributed by atoms with Crippen molar-refractivity contribution in [3.05, 3.63) is 24.3 Å². The summed E-state index contributed by atoms with van der Waals surface area (Å²) in [5, 5.41) is 32.7. The van der Waals surface area contributed by atoms with E-state index >= 15 is 0 Å². The molecule has 1 aliphatic carbocycles. The lowest BCUT2D eigenvalue weighted by Crippen LogP contribution is -2.61. The number of halogens is 2. The molecule has 1 aliphatic rings. The molecule has 8 heteroatoms. The van der Waals surface area contributed by atoms with Gasteiger partial charge in [0.15, 0.2) is 0 Å². The van der Waals surface area contributed by atoms with E-state index in [4.69, 9.17) is 0 Å². The molecule has 1 rings (SSSR count). The molecule has 0 heterocycles. The summed E-state index contributed by atoms with van der Waals surface area (Å²) in [7, 11) is 1.72. The van der Waals surface area contributed by atoms with Gasteiger partial charge in [0.05, 0.1) is 0 Å². The molecule has 4 unspecified atom stereocenters. The van der Waals surface area contributed by atoms with Gasteiger partial charge >= 0.3 is 11.9 Å². The molecule has 0 saturated carbocycles. The second-order valence-electron chi connectivity index (χ2n) is 4.84. The first kappa shape index (κ1) is 18.8. The molecule has 0 aromatic carbocycles. The van der Waals surface area contributed by atoms with Crippen LogP contribution in [0.4, 0.5) is 0 Å². The third kappa shape index (κ3) is 3.42. The number of carboxylic acids is 2. The average Bonchev–Trinajstić information content (AvgIpc) is 2.44. The zero-order valence-corrected chi connectivity index (χ0v) is 15.6. The summed E-state index contributed by atoms with van der Waals surface area (Å²) in [5.74, 6) is -2.26. The highest BCUT2D eigenvalue weighted by Gasteiger charge is 2.59.